The second-order valence-electron chi connectivity index (χ2n) is 6.50. The Morgan fingerprint density at radius 1 is 1.30 bits per heavy atom. The SMILES string of the molecule is COc1c(C(=O)N2C[C@@H](C)[C@@H](N3CCOCC3)C2)c(C)nn1C. The number of aryl methyl sites for hydroxylation is 2. The first-order chi connectivity index (χ1) is 11.0. The lowest BCUT2D eigenvalue weighted by Gasteiger charge is -2.33. The second kappa shape index (κ2) is 6.49. The Bertz CT molecular complexity index is 580. The van der Waals surface area contributed by atoms with Crippen molar-refractivity contribution in [3.8, 4) is 5.88 Å². The lowest BCUT2D eigenvalue weighted by atomic mass is 10.0. The summed E-state index contributed by atoms with van der Waals surface area (Å²) in [5.74, 6) is 1.02. The van der Waals surface area contributed by atoms with Crippen LogP contribution >= 0.6 is 0 Å². The van der Waals surface area contributed by atoms with E-state index in [1.165, 1.54) is 0 Å². The Morgan fingerprint density at radius 2 is 2.00 bits per heavy atom. The molecule has 7 nitrogen and oxygen atoms in total. The van der Waals surface area contributed by atoms with Gasteiger partial charge >= 0.3 is 0 Å². The summed E-state index contributed by atoms with van der Waals surface area (Å²) in [6.45, 7) is 9.09. The first-order valence-electron chi connectivity index (χ1n) is 8.21. The summed E-state index contributed by atoms with van der Waals surface area (Å²) in [6, 6.07) is 0.408. The molecule has 1 aromatic rings. The predicted molar refractivity (Wildman–Crippen MR) is 85.7 cm³/mol. The van der Waals surface area contributed by atoms with Crippen molar-refractivity contribution in [3.05, 3.63) is 11.3 Å². The molecule has 0 spiro atoms. The molecule has 0 bridgehead atoms. The summed E-state index contributed by atoms with van der Waals surface area (Å²) in [5.41, 5.74) is 1.31. The van der Waals surface area contributed by atoms with Gasteiger partial charge in [0.1, 0.15) is 5.56 Å². The topological polar surface area (TPSA) is 59.8 Å². The minimum Gasteiger partial charge on any atom is -0.481 e. The van der Waals surface area contributed by atoms with Crippen molar-refractivity contribution in [2.45, 2.75) is 19.9 Å². The van der Waals surface area contributed by atoms with Gasteiger partial charge in [-0.2, -0.15) is 5.10 Å². The van der Waals surface area contributed by atoms with Crippen molar-refractivity contribution in [2.75, 3.05) is 46.5 Å². The standard InChI is InChI=1S/C16H26N4O3/c1-11-9-20(10-13(11)19-5-7-23-8-6-19)15(21)14-12(2)17-18(3)16(14)22-4/h11,13H,5-10H2,1-4H3/t11-,13+/m1/s1. The van der Waals surface area contributed by atoms with E-state index in [0.717, 1.165) is 45.1 Å². The Labute approximate surface area is 137 Å². The van der Waals surface area contributed by atoms with Crippen molar-refractivity contribution in [3.63, 3.8) is 0 Å². The van der Waals surface area contributed by atoms with E-state index in [1.54, 1.807) is 18.8 Å². The highest BCUT2D eigenvalue weighted by atomic mass is 16.5. The highest BCUT2D eigenvalue weighted by molar-refractivity contribution is 5.97. The van der Waals surface area contributed by atoms with E-state index in [-0.39, 0.29) is 5.91 Å². The Kier molecular flexibility index (Phi) is 4.59. The zero-order chi connectivity index (χ0) is 16.6. The Hall–Kier alpha value is -1.60. The van der Waals surface area contributed by atoms with Gasteiger partial charge in [0, 0.05) is 39.3 Å². The zero-order valence-electron chi connectivity index (χ0n) is 14.4. The summed E-state index contributed by atoms with van der Waals surface area (Å²) < 4.78 is 12.4. The molecule has 0 N–H and O–H groups in total. The molecular formula is C16H26N4O3. The van der Waals surface area contributed by atoms with Crippen LogP contribution in [-0.2, 0) is 11.8 Å². The van der Waals surface area contributed by atoms with E-state index in [9.17, 15) is 4.79 Å². The van der Waals surface area contributed by atoms with Gasteiger partial charge in [0.15, 0.2) is 0 Å². The molecule has 0 radical (unpaired) electrons. The molecule has 0 unspecified atom stereocenters. The molecule has 1 aromatic heterocycles. The smallest absolute Gasteiger partial charge is 0.261 e. The normalized spacial score (nSPS) is 25.8. The Morgan fingerprint density at radius 3 is 2.65 bits per heavy atom. The van der Waals surface area contributed by atoms with Gasteiger partial charge < -0.3 is 14.4 Å². The molecular weight excluding hydrogens is 296 g/mol. The number of hydrogen-bond donors (Lipinski definition) is 0. The maximum absolute atomic E-state index is 13.0. The fourth-order valence-electron chi connectivity index (χ4n) is 3.78. The second-order valence-corrected chi connectivity index (χ2v) is 6.50. The quantitative estimate of drug-likeness (QED) is 0.812. The molecule has 2 aliphatic heterocycles. The fraction of sp³-hybridized carbons (Fsp3) is 0.750. The van der Waals surface area contributed by atoms with Crippen LogP contribution in [0.1, 0.15) is 23.0 Å². The molecule has 0 saturated carbocycles. The third-order valence-electron chi connectivity index (χ3n) is 4.95. The van der Waals surface area contributed by atoms with E-state index in [2.05, 4.69) is 16.9 Å². The summed E-state index contributed by atoms with van der Waals surface area (Å²) in [7, 11) is 3.38. The van der Waals surface area contributed by atoms with Crippen molar-refractivity contribution in [1.29, 1.82) is 0 Å². The van der Waals surface area contributed by atoms with E-state index in [0.29, 0.717) is 23.4 Å². The van der Waals surface area contributed by atoms with Crippen molar-refractivity contribution in [2.24, 2.45) is 13.0 Å². The van der Waals surface area contributed by atoms with Crippen LogP contribution < -0.4 is 4.74 Å². The number of ether oxygens (including phenoxy) is 2. The van der Waals surface area contributed by atoms with Gasteiger partial charge in [0.05, 0.1) is 26.0 Å². The van der Waals surface area contributed by atoms with Crippen LogP contribution in [0.15, 0.2) is 0 Å². The van der Waals surface area contributed by atoms with Gasteiger partial charge in [-0.1, -0.05) is 6.92 Å². The molecule has 1 amide bonds. The van der Waals surface area contributed by atoms with Crippen LogP contribution in [0, 0.1) is 12.8 Å². The number of amides is 1. The number of hydrogen-bond acceptors (Lipinski definition) is 5. The van der Waals surface area contributed by atoms with Crippen LogP contribution in [0.3, 0.4) is 0 Å². The minimum atomic E-state index is 0.0232. The van der Waals surface area contributed by atoms with Crippen molar-refractivity contribution in [1.82, 2.24) is 19.6 Å². The molecule has 2 fully saturated rings. The molecule has 2 atom stereocenters. The van der Waals surface area contributed by atoms with E-state index >= 15 is 0 Å². The lowest BCUT2D eigenvalue weighted by molar-refractivity contribution is 0.0119. The van der Waals surface area contributed by atoms with Crippen LogP contribution in [0.2, 0.25) is 0 Å². The van der Waals surface area contributed by atoms with Gasteiger partial charge in [-0.05, 0) is 12.8 Å². The van der Waals surface area contributed by atoms with Crippen LogP contribution in [0.4, 0.5) is 0 Å². The number of rotatable bonds is 3. The van der Waals surface area contributed by atoms with Gasteiger partial charge in [0.2, 0.25) is 5.88 Å². The van der Waals surface area contributed by atoms with E-state index in [4.69, 9.17) is 9.47 Å². The summed E-state index contributed by atoms with van der Waals surface area (Å²) in [5, 5.41) is 4.32. The number of carbonyl (C=O) groups excluding carboxylic acids is 1. The lowest BCUT2D eigenvalue weighted by Crippen LogP contribution is -2.47. The first kappa shape index (κ1) is 16.3. The molecule has 7 heteroatoms. The summed E-state index contributed by atoms with van der Waals surface area (Å²) in [6.07, 6.45) is 0. The molecule has 3 heterocycles. The molecule has 2 aliphatic rings. The monoisotopic (exact) mass is 322 g/mol. The molecule has 2 saturated heterocycles. The maximum atomic E-state index is 13.0. The average molecular weight is 322 g/mol. The fourth-order valence-corrected chi connectivity index (χ4v) is 3.78. The molecule has 128 valence electrons. The van der Waals surface area contributed by atoms with Crippen LogP contribution in [0.25, 0.3) is 0 Å². The number of carbonyl (C=O) groups is 1. The van der Waals surface area contributed by atoms with E-state index in [1.807, 2.05) is 11.8 Å². The van der Waals surface area contributed by atoms with Crippen molar-refractivity contribution < 1.29 is 14.3 Å². The van der Waals surface area contributed by atoms with Crippen molar-refractivity contribution >= 4 is 5.91 Å². The first-order valence-corrected chi connectivity index (χ1v) is 8.21. The largest absolute Gasteiger partial charge is 0.481 e. The molecule has 3 rings (SSSR count). The van der Waals surface area contributed by atoms with Gasteiger partial charge in [-0.15, -0.1) is 0 Å². The highest BCUT2D eigenvalue weighted by Gasteiger charge is 2.38. The van der Waals surface area contributed by atoms with Gasteiger partial charge in [0.25, 0.3) is 5.91 Å². The number of nitrogens with zero attached hydrogens (tertiary/aromatic N) is 4. The Balaban J connectivity index is 1.76. The molecule has 0 aromatic carbocycles. The third kappa shape index (κ3) is 2.95. The highest BCUT2D eigenvalue weighted by Crippen LogP contribution is 2.28. The molecule has 23 heavy (non-hydrogen) atoms. The van der Waals surface area contributed by atoms with Crippen LogP contribution in [0.5, 0.6) is 5.88 Å². The third-order valence-corrected chi connectivity index (χ3v) is 4.95. The average Bonchev–Trinajstić information content (AvgIpc) is 3.07. The molecule has 0 aliphatic carbocycles. The van der Waals surface area contributed by atoms with E-state index < -0.39 is 0 Å². The summed E-state index contributed by atoms with van der Waals surface area (Å²) >= 11 is 0. The number of aromatic nitrogens is 2. The number of likely N-dealkylation sites (tertiary alicyclic amines) is 1. The maximum Gasteiger partial charge on any atom is 0.261 e. The van der Waals surface area contributed by atoms with Crippen LogP contribution in [-0.4, -0.2) is 78.0 Å². The summed E-state index contributed by atoms with van der Waals surface area (Å²) in [4.78, 5) is 17.4. The minimum absolute atomic E-state index is 0.0232. The number of morpholine rings is 1. The predicted octanol–water partition coefficient (Wildman–Crippen LogP) is 0.530. The number of methoxy groups -OCH3 is 1. The van der Waals surface area contributed by atoms with Gasteiger partial charge in [-0.3, -0.25) is 9.69 Å². The zero-order valence-corrected chi connectivity index (χ0v) is 14.4. The van der Waals surface area contributed by atoms with Gasteiger partial charge in [-0.25, -0.2) is 4.68 Å².